The summed E-state index contributed by atoms with van der Waals surface area (Å²) in [5.41, 5.74) is 0.522. The molecule has 0 aliphatic carbocycles. The average Bonchev–Trinajstić information content (AvgIpc) is 2.88. The van der Waals surface area contributed by atoms with Crippen molar-refractivity contribution in [1.82, 2.24) is 4.90 Å². The lowest BCUT2D eigenvalue weighted by molar-refractivity contribution is -0.307. The van der Waals surface area contributed by atoms with E-state index in [0.29, 0.717) is 17.3 Å². The van der Waals surface area contributed by atoms with Gasteiger partial charge in [-0.2, -0.15) is 0 Å². The molecule has 0 saturated carbocycles. The van der Waals surface area contributed by atoms with E-state index in [4.69, 9.17) is 14.2 Å². The highest BCUT2D eigenvalue weighted by atomic mass is 32.2. The summed E-state index contributed by atoms with van der Waals surface area (Å²) in [5, 5.41) is 9.92. The number of aliphatic carboxylic acids is 1. The van der Waals surface area contributed by atoms with E-state index in [1.54, 1.807) is 13.0 Å². The SMILES string of the molecule is CCOC(=O)CN1C(=O)SC(=Cc2ccc(OCC(=O)[O-])c(OC)c2)C1=O. The molecule has 0 radical (unpaired) electrons. The molecule has 9 nitrogen and oxygen atoms in total. The summed E-state index contributed by atoms with van der Waals surface area (Å²) >= 11 is 0.701. The minimum Gasteiger partial charge on any atom is -0.546 e. The van der Waals surface area contributed by atoms with Gasteiger partial charge >= 0.3 is 5.97 Å². The monoisotopic (exact) mass is 394 g/mol. The number of ether oxygens (including phenoxy) is 3. The van der Waals surface area contributed by atoms with E-state index in [1.165, 1.54) is 25.3 Å². The molecule has 144 valence electrons. The first-order chi connectivity index (χ1) is 12.8. The van der Waals surface area contributed by atoms with Crippen molar-refractivity contribution in [3.8, 4) is 11.5 Å². The molecule has 0 aromatic heterocycles. The zero-order valence-corrected chi connectivity index (χ0v) is 15.4. The Balaban J connectivity index is 2.18. The van der Waals surface area contributed by atoms with Gasteiger partial charge in [-0.25, -0.2) is 0 Å². The number of carbonyl (C=O) groups excluding carboxylic acids is 4. The lowest BCUT2D eigenvalue weighted by atomic mass is 10.2. The van der Waals surface area contributed by atoms with Crippen molar-refractivity contribution in [2.75, 3.05) is 26.9 Å². The van der Waals surface area contributed by atoms with Crippen LogP contribution in [0.5, 0.6) is 11.5 Å². The number of rotatable bonds is 8. The van der Waals surface area contributed by atoms with Crippen LogP contribution in [0.1, 0.15) is 12.5 Å². The second-order valence-electron chi connectivity index (χ2n) is 5.14. The Morgan fingerprint density at radius 2 is 2.00 bits per heavy atom. The van der Waals surface area contributed by atoms with E-state index in [2.05, 4.69) is 0 Å². The molecule has 0 N–H and O–H groups in total. The molecule has 1 heterocycles. The van der Waals surface area contributed by atoms with Crippen molar-refractivity contribution in [3.05, 3.63) is 28.7 Å². The molecule has 1 aliphatic heterocycles. The van der Waals surface area contributed by atoms with Gasteiger partial charge in [-0.05, 0) is 42.5 Å². The molecule has 2 amide bonds. The number of carboxylic acids is 1. The number of hydrogen-bond donors (Lipinski definition) is 0. The number of benzene rings is 1. The standard InChI is InChI=1S/C17H17NO8S/c1-3-25-15(21)8-18-16(22)13(27-17(18)23)7-10-4-5-11(12(6-10)24-2)26-9-14(19)20/h4-7H,3,8-9H2,1-2H3,(H,19,20)/p-1. The van der Waals surface area contributed by atoms with Crippen molar-refractivity contribution < 1.29 is 38.5 Å². The molecule has 1 saturated heterocycles. The zero-order valence-electron chi connectivity index (χ0n) is 14.6. The third-order valence-electron chi connectivity index (χ3n) is 3.30. The fraction of sp³-hybridized carbons (Fsp3) is 0.294. The van der Waals surface area contributed by atoms with Crippen molar-refractivity contribution in [2.24, 2.45) is 0 Å². The molecule has 1 aliphatic rings. The molecule has 1 aromatic carbocycles. The second kappa shape index (κ2) is 9.08. The summed E-state index contributed by atoms with van der Waals surface area (Å²) < 4.78 is 14.9. The molecule has 27 heavy (non-hydrogen) atoms. The lowest BCUT2D eigenvalue weighted by Crippen LogP contribution is -2.34. The van der Waals surface area contributed by atoms with Crippen molar-refractivity contribution in [2.45, 2.75) is 6.92 Å². The van der Waals surface area contributed by atoms with Gasteiger partial charge in [0.1, 0.15) is 13.2 Å². The van der Waals surface area contributed by atoms with Gasteiger partial charge in [0.05, 0.1) is 24.6 Å². The van der Waals surface area contributed by atoms with Gasteiger partial charge in [-0.1, -0.05) is 6.07 Å². The minimum atomic E-state index is -1.38. The van der Waals surface area contributed by atoms with Gasteiger partial charge in [-0.15, -0.1) is 0 Å². The molecule has 0 unspecified atom stereocenters. The Bertz CT molecular complexity index is 804. The number of methoxy groups -OCH3 is 1. The quantitative estimate of drug-likeness (QED) is 0.456. The predicted molar refractivity (Wildman–Crippen MR) is 92.8 cm³/mol. The maximum atomic E-state index is 12.3. The number of imide groups is 1. The van der Waals surface area contributed by atoms with Gasteiger partial charge in [0.15, 0.2) is 11.5 Å². The second-order valence-corrected chi connectivity index (χ2v) is 6.14. The van der Waals surface area contributed by atoms with Gasteiger partial charge in [-0.3, -0.25) is 19.3 Å². The Hall–Kier alpha value is -3.01. The molecule has 2 rings (SSSR count). The van der Waals surface area contributed by atoms with Gasteiger partial charge < -0.3 is 24.1 Å². The van der Waals surface area contributed by atoms with Gasteiger partial charge in [0.25, 0.3) is 11.1 Å². The molecule has 0 spiro atoms. The summed E-state index contributed by atoms with van der Waals surface area (Å²) in [4.78, 5) is 47.2. The maximum Gasteiger partial charge on any atom is 0.326 e. The molecular formula is C17H16NO8S-. The van der Waals surface area contributed by atoms with Crippen molar-refractivity contribution in [3.63, 3.8) is 0 Å². The smallest absolute Gasteiger partial charge is 0.326 e. The van der Waals surface area contributed by atoms with E-state index in [0.717, 1.165) is 4.90 Å². The maximum absolute atomic E-state index is 12.3. The van der Waals surface area contributed by atoms with Crippen molar-refractivity contribution >= 4 is 40.9 Å². The topological polar surface area (TPSA) is 122 Å². The summed E-state index contributed by atoms with van der Waals surface area (Å²) in [6.07, 6.45) is 1.46. The van der Waals surface area contributed by atoms with Crippen LogP contribution in [0.2, 0.25) is 0 Å². The average molecular weight is 394 g/mol. The Labute approximate surface area is 158 Å². The summed E-state index contributed by atoms with van der Waals surface area (Å²) in [7, 11) is 1.37. The first-order valence-electron chi connectivity index (χ1n) is 7.77. The Kier molecular flexibility index (Phi) is 6.83. The van der Waals surface area contributed by atoms with E-state index < -0.39 is 36.2 Å². The van der Waals surface area contributed by atoms with Crippen molar-refractivity contribution in [1.29, 1.82) is 0 Å². The van der Waals surface area contributed by atoms with Crippen LogP contribution in [0.3, 0.4) is 0 Å². The fourth-order valence-corrected chi connectivity index (χ4v) is 2.99. The zero-order chi connectivity index (χ0) is 20.0. The molecule has 1 aromatic rings. The van der Waals surface area contributed by atoms with E-state index in [1.807, 2.05) is 0 Å². The highest BCUT2D eigenvalue weighted by Gasteiger charge is 2.36. The Morgan fingerprint density at radius 1 is 1.26 bits per heavy atom. The summed E-state index contributed by atoms with van der Waals surface area (Å²) in [6.45, 7) is 0.689. The number of esters is 1. The summed E-state index contributed by atoms with van der Waals surface area (Å²) in [5.74, 6) is -2.21. The largest absolute Gasteiger partial charge is 0.546 e. The highest BCUT2D eigenvalue weighted by molar-refractivity contribution is 8.18. The van der Waals surface area contributed by atoms with Crippen LogP contribution in [0.15, 0.2) is 23.1 Å². The van der Waals surface area contributed by atoms with Crippen LogP contribution >= 0.6 is 11.8 Å². The molecule has 0 atom stereocenters. The van der Waals surface area contributed by atoms with Crippen LogP contribution in [0.4, 0.5) is 4.79 Å². The number of carbonyl (C=O) groups is 4. The van der Waals surface area contributed by atoms with Gasteiger partial charge in [0, 0.05) is 0 Å². The molecule has 10 heteroatoms. The third-order valence-corrected chi connectivity index (χ3v) is 4.20. The highest BCUT2D eigenvalue weighted by Crippen LogP contribution is 2.34. The molecular weight excluding hydrogens is 378 g/mol. The minimum absolute atomic E-state index is 0.134. The van der Waals surface area contributed by atoms with Gasteiger partial charge in [0.2, 0.25) is 0 Å². The van der Waals surface area contributed by atoms with E-state index in [9.17, 15) is 24.3 Å². The lowest BCUT2D eigenvalue weighted by Gasteiger charge is -2.12. The fourth-order valence-electron chi connectivity index (χ4n) is 2.15. The Morgan fingerprint density at radius 3 is 2.63 bits per heavy atom. The number of thioether (sulfide) groups is 1. The normalized spacial score (nSPS) is 15.2. The van der Waals surface area contributed by atoms with E-state index in [-0.39, 0.29) is 23.0 Å². The number of amides is 2. The van der Waals surface area contributed by atoms with E-state index >= 15 is 0 Å². The predicted octanol–water partition coefficient (Wildman–Crippen LogP) is 0.423. The van der Waals surface area contributed by atoms with Crippen LogP contribution in [-0.4, -0.2) is 54.9 Å². The van der Waals surface area contributed by atoms with Crippen LogP contribution in [-0.2, 0) is 19.1 Å². The first kappa shape index (κ1) is 20.3. The number of carboxylic acid groups (broad SMARTS) is 1. The third kappa shape index (κ3) is 5.23. The molecule has 1 fully saturated rings. The first-order valence-corrected chi connectivity index (χ1v) is 8.59. The van der Waals surface area contributed by atoms with Crippen LogP contribution in [0, 0.1) is 0 Å². The number of nitrogens with zero attached hydrogens (tertiary/aromatic N) is 1. The summed E-state index contributed by atoms with van der Waals surface area (Å²) in [6, 6.07) is 4.55. The molecule has 0 bridgehead atoms. The van der Waals surface area contributed by atoms with Crippen LogP contribution < -0.4 is 14.6 Å². The number of hydrogen-bond acceptors (Lipinski definition) is 9. The van der Waals surface area contributed by atoms with Crippen LogP contribution in [0.25, 0.3) is 6.08 Å².